The summed E-state index contributed by atoms with van der Waals surface area (Å²) in [5.74, 6) is 0.0539. The molecule has 2 aliphatic heterocycles. The number of nitrogens with zero attached hydrogens (tertiary/aromatic N) is 2. The van der Waals surface area contributed by atoms with E-state index in [1.54, 1.807) is 24.2 Å². The molecule has 3 amide bonds. The van der Waals surface area contributed by atoms with Crippen LogP contribution in [0.15, 0.2) is 23.1 Å². The fourth-order valence-corrected chi connectivity index (χ4v) is 3.59. The Morgan fingerprint density at radius 3 is 2.69 bits per heavy atom. The molecule has 0 saturated carbocycles. The maximum Gasteiger partial charge on any atom is 0.294 e. The van der Waals surface area contributed by atoms with Gasteiger partial charge in [0.25, 0.3) is 11.1 Å². The summed E-state index contributed by atoms with van der Waals surface area (Å²) in [6.45, 7) is 3.59. The summed E-state index contributed by atoms with van der Waals surface area (Å²) in [4.78, 5) is 40.0. The zero-order chi connectivity index (χ0) is 18.7. The van der Waals surface area contributed by atoms with Gasteiger partial charge in [-0.25, -0.2) is 0 Å². The van der Waals surface area contributed by atoms with E-state index in [4.69, 9.17) is 9.47 Å². The highest BCUT2D eigenvalue weighted by molar-refractivity contribution is 8.18. The van der Waals surface area contributed by atoms with Crippen molar-refractivity contribution in [3.63, 3.8) is 0 Å². The van der Waals surface area contributed by atoms with Gasteiger partial charge in [0.15, 0.2) is 0 Å². The zero-order valence-corrected chi connectivity index (χ0v) is 15.5. The molecule has 0 bridgehead atoms. The highest BCUT2D eigenvalue weighted by atomic mass is 32.2. The number of morpholine rings is 1. The van der Waals surface area contributed by atoms with Crippen LogP contribution in [-0.2, 0) is 14.3 Å². The summed E-state index contributed by atoms with van der Waals surface area (Å²) in [6, 6.07) is 5.49. The first-order valence-corrected chi connectivity index (χ1v) is 9.07. The molecule has 0 radical (unpaired) electrons. The van der Waals surface area contributed by atoms with Crippen LogP contribution < -0.4 is 4.74 Å². The van der Waals surface area contributed by atoms with Gasteiger partial charge < -0.3 is 14.4 Å². The molecule has 0 atom stereocenters. The lowest BCUT2D eigenvalue weighted by Gasteiger charge is -2.28. The van der Waals surface area contributed by atoms with E-state index in [0.29, 0.717) is 31.2 Å². The molecule has 2 saturated heterocycles. The first-order valence-electron chi connectivity index (χ1n) is 8.25. The van der Waals surface area contributed by atoms with Gasteiger partial charge in [0.05, 0.1) is 25.2 Å². The molecule has 8 heteroatoms. The standard InChI is InChI=1S/C18H20N2O5S/c1-12-9-14(24-2)4-3-13(12)10-15-17(22)20(18(23)26-15)11-16(21)19-5-7-25-8-6-19/h3-4,9-10H,5-8,11H2,1-2H3/b15-10+. The van der Waals surface area contributed by atoms with Gasteiger partial charge in [-0.05, 0) is 48.0 Å². The lowest BCUT2D eigenvalue weighted by molar-refractivity contribution is -0.139. The predicted molar refractivity (Wildman–Crippen MR) is 97.8 cm³/mol. The number of thioether (sulfide) groups is 1. The van der Waals surface area contributed by atoms with Gasteiger partial charge >= 0.3 is 0 Å². The van der Waals surface area contributed by atoms with Crippen molar-refractivity contribution < 1.29 is 23.9 Å². The molecule has 0 aliphatic carbocycles. The molecule has 1 aromatic carbocycles. The number of hydrogen-bond acceptors (Lipinski definition) is 6. The SMILES string of the molecule is COc1ccc(/C=C2/SC(=O)N(CC(=O)N3CCOCC3)C2=O)c(C)c1. The average molecular weight is 376 g/mol. The van der Waals surface area contributed by atoms with Crippen LogP contribution in [0, 0.1) is 6.92 Å². The highest BCUT2D eigenvalue weighted by Crippen LogP contribution is 2.33. The predicted octanol–water partition coefficient (Wildman–Crippen LogP) is 1.90. The van der Waals surface area contributed by atoms with E-state index in [-0.39, 0.29) is 12.5 Å². The van der Waals surface area contributed by atoms with Gasteiger partial charge in [0.2, 0.25) is 5.91 Å². The van der Waals surface area contributed by atoms with E-state index in [2.05, 4.69) is 0 Å². The number of imide groups is 1. The molecule has 7 nitrogen and oxygen atoms in total. The molecule has 2 heterocycles. The summed E-state index contributed by atoms with van der Waals surface area (Å²) in [5, 5.41) is -0.422. The third kappa shape index (κ3) is 3.91. The number of rotatable bonds is 4. The first kappa shape index (κ1) is 18.5. The van der Waals surface area contributed by atoms with Gasteiger partial charge in [-0.2, -0.15) is 0 Å². The lowest BCUT2D eigenvalue weighted by atomic mass is 10.1. The minimum atomic E-state index is -0.433. The van der Waals surface area contributed by atoms with Gasteiger partial charge in [-0.3, -0.25) is 19.3 Å². The minimum Gasteiger partial charge on any atom is -0.497 e. The topological polar surface area (TPSA) is 76.2 Å². The number of ether oxygens (including phenoxy) is 2. The molecule has 138 valence electrons. The largest absolute Gasteiger partial charge is 0.497 e. The van der Waals surface area contributed by atoms with Gasteiger partial charge in [0.1, 0.15) is 12.3 Å². The summed E-state index contributed by atoms with van der Waals surface area (Å²) >= 11 is 0.856. The van der Waals surface area contributed by atoms with Crippen molar-refractivity contribution in [1.82, 2.24) is 9.80 Å². The second-order valence-corrected chi connectivity index (χ2v) is 6.98. The van der Waals surface area contributed by atoms with Crippen LogP contribution in [-0.4, -0.2) is 66.8 Å². The molecule has 0 aromatic heterocycles. The van der Waals surface area contributed by atoms with Crippen LogP contribution in [0.3, 0.4) is 0 Å². The van der Waals surface area contributed by atoms with Crippen LogP contribution in [0.2, 0.25) is 0 Å². The Balaban J connectivity index is 1.73. The molecule has 0 spiro atoms. The van der Waals surface area contributed by atoms with E-state index < -0.39 is 11.1 Å². The Morgan fingerprint density at radius 2 is 2.04 bits per heavy atom. The van der Waals surface area contributed by atoms with E-state index in [1.165, 1.54) is 0 Å². The third-order valence-corrected chi connectivity index (χ3v) is 5.20. The molecular formula is C18H20N2O5S. The van der Waals surface area contributed by atoms with Gasteiger partial charge in [-0.15, -0.1) is 0 Å². The number of carbonyl (C=O) groups is 3. The van der Waals surface area contributed by atoms with Crippen molar-refractivity contribution in [3.8, 4) is 5.75 Å². The Bertz CT molecular complexity index is 771. The van der Waals surface area contributed by atoms with Crippen LogP contribution >= 0.6 is 11.8 Å². The summed E-state index contributed by atoms with van der Waals surface area (Å²) in [5.41, 5.74) is 1.76. The molecular weight excluding hydrogens is 356 g/mol. The zero-order valence-electron chi connectivity index (χ0n) is 14.7. The smallest absolute Gasteiger partial charge is 0.294 e. The highest BCUT2D eigenvalue weighted by Gasteiger charge is 2.37. The van der Waals surface area contributed by atoms with E-state index in [9.17, 15) is 14.4 Å². The maximum atomic E-state index is 12.6. The van der Waals surface area contributed by atoms with Crippen LogP contribution in [0.1, 0.15) is 11.1 Å². The molecule has 2 fully saturated rings. The normalized spacial score (nSPS) is 19.4. The first-order chi connectivity index (χ1) is 12.5. The second kappa shape index (κ2) is 7.92. The monoisotopic (exact) mass is 376 g/mol. The number of carbonyl (C=O) groups excluding carboxylic acids is 3. The van der Waals surface area contributed by atoms with Crippen LogP contribution in [0.4, 0.5) is 4.79 Å². The van der Waals surface area contributed by atoms with E-state index in [0.717, 1.165) is 33.5 Å². The number of aryl methyl sites for hydroxylation is 1. The van der Waals surface area contributed by atoms with Crippen LogP contribution in [0.5, 0.6) is 5.75 Å². The summed E-state index contributed by atoms with van der Waals surface area (Å²) < 4.78 is 10.4. The Hall–Kier alpha value is -2.32. The molecule has 2 aliphatic rings. The van der Waals surface area contributed by atoms with Crippen molar-refractivity contribution in [3.05, 3.63) is 34.2 Å². The second-order valence-electron chi connectivity index (χ2n) is 5.98. The quantitative estimate of drug-likeness (QED) is 0.747. The third-order valence-electron chi connectivity index (χ3n) is 4.29. The Labute approximate surface area is 155 Å². The molecule has 3 rings (SSSR count). The lowest BCUT2D eigenvalue weighted by Crippen LogP contribution is -2.46. The van der Waals surface area contributed by atoms with Gasteiger partial charge in [-0.1, -0.05) is 6.07 Å². The van der Waals surface area contributed by atoms with Crippen molar-refractivity contribution >= 4 is 34.9 Å². The Morgan fingerprint density at radius 1 is 1.31 bits per heavy atom. The van der Waals surface area contributed by atoms with Crippen molar-refractivity contribution in [2.45, 2.75) is 6.92 Å². The Kier molecular flexibility index (Phi) is 5.63. The summed E-state index contributed by atoms with van der Waals surface area (Å²) in [7, 11) is 1.59. The van der Waals surface area contributed by atoms with Crippen LogP contribution in [0.25, 0.3) is 6.08 Å². The van der Waals surface area contributed by atoms with Crippen molar-refractivity contribution in [2.75, 3.05) is 40.0 Å². The fraction of sp³-hybridized carbons (Fsp3) is 0.389. The van der Waals surface area contributed by atoms with E-state index >= 15 is 0 Å². The van der Waals surface area contributed by atoms with E-state index in [1.807, 2.05) is 19.1 Å². The van der Waals surface area contributed by atoms with Crippen molar-refractivity contribution in [2.24, 2.45) is 0 Å². The van der Waals surface area contributed by atoms with Crippen molar-refractivity contribution in [1.29, 1.82) is 0 Å². The molecule has 0 unspecified atom stereocenters. The molecule has 1 aromatic rings. The number of benzene rings is 1. The average Bonchev–Trinajstić information content (AvgIpc) is 2.91. The number of methoxy groups -OCH3 is 1. The minimum absolute atomic E-state index is 0.233. The number of amides is 3. The fourth-order valence-electron chi connectivity index (χ4n) is 2.76. The molecule has 26 heavy (non-hydrogen) atoms. The van der Waals surface area contributed by atoms with Gasteiger partial charge in [0, 0.05) is 13.1 Å². The molecule has 0 N–H and O–H groups in total. The number of hydrogen-bond donors (Lipinski definition) is 0. The summed E-state index contributed by atoms with van der Waals surface area (Å²) in [6.07, 6.45) is 1.68. The maximum absolute atomic E-state index is 12.6.